The number of fused-ring (bicyclic) bond motifs is 1. The van der Waals surface area contributed by atoms with Crippen LogP contribution in [0.15, 0.2) is 18.2 Å². The largest absolute Gasteiger partial charge is 0.396 e. The molecule has 25 heavy (non-hydrogen) atoms. The smallest absolute Gasteiger partial charge is 0.220 e. The Kier molecular flexibility index (Phi) is 6.10. The maximum atomic E-state index is 12.3. The van der Waals surface area contributed by atoms with Gasteiger partial charge in [0.15, 0.2) is 0 Å². The molecule has 3 atom stereocenters. The van der Waals surface area contributed by atoms with Crippen LogP contribution < -0.4 is 5.32 Å². The van der Waals surface area contributed by atoms with Crippen LogP contribution in [0.5, 0.6) is 0 Å². The van der Waals surface area contributed by atoms with Gasteiger partial charge in [0.1, 0.15) is 0 Å². The van der Waals surface area contributed by atoms with Crippen LogP contribution in [0.25, 0.3) is 0 Å². The van der Waals surface area contributed by atoms with Crippen LogP contribution in [-0.4, -0.2) is 60.4 Å². The van der Waals surface area contributed by atoms with Crippen LogP contribution in [0.3, 0.4) is 0 Å². The molecule has 0 unspecified atom stereocenters. The fourth-order valence-electron chi connectivity index (χ4n) is 4.04. The van der Waals surface area contributed by atoms with Gasteiger partial charge in [-0.2, -0.15) is 0 Å². The van der Waals surface area contributed by atoms with Crippen molar-refractivity contribution in [1.82, 2.24) is 10.2 Å². The monoisotopic (exact) mass is 346 g/mol. The van der Waals surface area contributed by atoms with E-state index in [1.54, 1.807) is 0 Å². The molecule has 2 heterocycles. The number of aliphatic hydroxyl groups excluding tert-OH is 1. The van der Waals surface area contributed by atoms with E-state index >= 15 is 0 Å². The molecular formula is C20H30N2O3. The zero-order valence-corrected chi connectivity index (χ0v) is 15.3. The first-order valence-electron chi connectivity index (χ1n) is 9.37. The number of carbonyl (C=O) groups excluding carboxylic acids is 1. The molecule has 0 radical (unpaired) electrons. The van der Waals surface area contributed by atoms with Gasteiger partial charge in [0, 0.05) is 38.2 Å². The van der Waals surface area contributed by atoms with E-state index in [0.717, 1.165) is 25.9 Å². The summed E-state index contributed by atoms with van der Waals surface area (Å²) in [6.45, 7) is 6.83. The molecule has 2 aliphatic rings. The molecule has 1 aromatic rings. The summed E-state index contributed by atoms with van der Waals surface area (Å²) in [5.41, 5.74) is 3.78. The maximum Gasteiger partial charge on any atom is 0.220 e. The van der Waals surface area contributed by atoms with Crippen LogP contribution in [0.1, 0.15) is 36.0 Å². The first kappa shape index (κ1) is 18.4. The Hall–Kier alpha value is -1.43. The predicted molar refractivity (Wildman–Crippen MR) is 97.6 cm³/mol. The highest BCUT2D eigenvalue weighted by atomic mass is 16.5. The minimum absolute atomic E-state index is 0.125. The third-order valence-corrected chi connectivity index (χ3v) is 5.43. The molecule has 0 bridgehead atoms. The highest BCUT2D eigenvalue weighted by Crippen LogP contribution is 2.24. The van der Waals surface area contributed by atoms with E-state index in [-0.39, 0.29) is 24.7 Å². The van der Waals surface area contributed by atoms with E-state index in [9.17, 15) is 4.79 Å². The number of benzene rings is 1. The van der Waals surface area contributed by atoms with Crippen molar-refractivity contribution in [1.29, 1.82) is 0 Å². The van der Waals surface area contributed by atoms with Gasteiger partial charge in [-0.25, -0.2) is 0 Å². The lowest BCUT2D eigenvalue weighted by Crippen LogP contribution is -2.46. The van der Waals surface area contributed by atoms with Gasteiger partial charge in [0.2, 0.25) is 5.91 Å². The summed E-state index contributed by atoms with van der Waals surface area (Å²) < 4.78 is 5.80. The first-order valence-corrected chi connectivity index (χ1v) is 9.37. The standard InChI is InChI=1S/C20H30N2O3/c1-14-3-4-16(15(2)9-14)5-6-20(24)21-17-10-18-13-25-19(7-8-23)12-22(18)11-17/h3-4,9,17-19,23H,5-8,10-13H2,1-2H3,(H,21,24)/t17-,18+,19+/m1/s1. The molecule has 1 aromatic carbocycles. The summed E-state index contributed by atoms with van der Waals surface area (Å²) >= 11 is 0. The topological polar surface area (TPSA) is 61.8 Å². The summed E-state index contributed by atoms with van der Waals surface area (Å²) in [7, 11) is 0. The Morgan fingerprint density at radius 1 is 1.36 bits per heavy atom. The van der Waals surface area contributed by atoms with Gasteiger partial charge >= 0.3 is 0 Å². The third-order valence-electron chi connectivity index (χ3n) is 5.43. The lowest BCUT2D eigenvalue weighted by atomic mass is 10.0. The summed E-state index contributed by atoms with van der Waals surface area (Å²) in [6, 6.07) is 7.03. The maximum absolute atomic E-state index is 12.3. The number of ether oxygens (including phenoxy) is 1. The van der Waals surface area contributed by atoms with Crippen molar-refractivity contribution in [3.8, 4) is 0 Å². The second-order valence-electron chi connectivity index (χ2n) is 7.51. The molecule has 2 N–H and O–H groups in total. The van der Waals surface area contributed by atoms with Crippen molar-refractivity contribution in [2.24, 2.45) is 0 Å². The molecule has 0 aliphatic carbocycles. The Bertz CT molecular complexity index is 605. The van der Waals surface area contributed by atoms with Crippen molar-refractivity contribution in [3.05, 3.63) is 34.9 Å². The zero-order valence-electron chi connectivity index (χ0n) is 15.3. The van der Waals surface area contributed by atoms with Gasteiger partial charge in [-0.1, -0.05) is 23.8 Å². The van der Waals surface area contributed by atoms with Crippen molar-refractivity contribution >= 4 is 5.91 Å². The molecule has 138 valence electrons. The molecule has 0 spiro atoms. The van der Waals surface area contributed by atoms with E-state index in [0.29, 0.717) is 25.5 Å². The van der Waals surface area contributed by atoms with Crippen LogP contribution in [-0.2, 0) is 16.0 Å². The van der Waals surface area contributed by atoms with E-state index in [1.165, 1.54) is 16.7 Å². The highest BCUT2D eigenvalue weighted by Gasteiger charge is 2.37. The fraction of sp³-hybridized carbons (Fsp3) is 0.650. The number of nitrogens with zero attached hydrogens (tertiary/aromatic N) is 1. The van der Waals surface area contributed by atoms with Crippen LogP contribution >= 0.6 is 0 Å². The van der Waals surface area contributed by atoms with Crippen LogP contribution in [0.4, 0.5) is 0 Å². The number of aliphatic hydroxyl groups is 1. The number of hydrogen-bond donors (Lipinski definition) is 2. The molecule has 0 aromatic heterocycles. The summed E-state index contributed by atoms with van der Waals surface area (Å²) in [5, 5.41) is 12.3. The van der Waals surface area contributed by atoms with Gasteiger partial charge < -0.3 is 15.2 Å². The van der Waals surface area contributed by atoms with Crippen LogP contribution in [0.2, 0.25) is 0 Å². The molecule has 2 fully saturated rings. The van der Waals surface area contributed by atoms with Gasteiger partial charge in [0.25, 0.3) is 0 Å². The second kappa shape index (κ2) is 8.30. The predicted octanol–water partition coefficient (Wildman–Crippen LogP) is 1.58. The minimum atomic E-state index is 0.125. The zero-order chi connectivity index (χ0) is 17.8. The van der Waals surface area contributed by atoms with Crippen molar-refractivity contribution < 1.29 is 14.6 Å². The van der Waals surface area contributed by atoms with E-state index in [1.807, 2.05) is 0 Å². The number of aryl methyl sites for hydroxylation is 3. The van der Waals surface area contributed by atoms with Crippen molar-refractivity contribution in [2.75, 3.05) is 26.3 Å². The quantitative estimate of drug-likeness (QED) is 0.821. The molecule has 0 saturated carbocycles. The Morgan fingerprint density at radius 2 is 2.20 bits per heavy atom. The van der Waals surface area contributed by atoms with Crippen molar-refractivity contribution in [2.45, 2.75) is 57.7 Å². The van der Waals surface area contributed by atoms with Gasteiger partial charge in [-0.15, -0.1) is 0 Å². The van der Waals surface area contributed by atoms with E-state index in [2.05, 4.69) is 42.3 Å². The second-order valence-corrected chi connectivity index (χ2v) is 7.51. The Balaban J connectivity index is 1.44. The molecule has 1 amide bonds. The molecule has 2 aliphatic heterocycles. The highest BCUT2D eigenvalue weighted by molar-refractivity contribution is 5.76. The van der Waals surface area contributed by atoms with Crippen LogP contribution in [0, 0.1) is 13.8 Å². The van der Waals surface area contributed by atoms with E-state index < -0.39 is 0 Å². The average molecular weight is 346 g/mol. The lowest BCUT2D eigenvalue weighted by Gasteiger charge is -2.34. The van der Waals surface area contributed by atoms with E-state index in [4.69, 9.17) is 9.84 Å². The average Bonchev–Trinajstić information content (AvgIpc) is 2.95. The van der Waals surface area contributed by atoms with Gasteiger partial charge in [-0.3, -0.25) is 9.69 Å². The lowest BCUT2D eigenvalue weighted by molar-refractivity contribution is -0.121. The fourth-order valence-corrected chi connectivity index (χ4v) is 4.04. The number of rotatable bonds is 6. The number of hydrogen-bond acceptors (Lipinski definition) is 4. The Morgan fingerprint density at radius 3 is 2.96 bits per heavy atom. The summed E-state index contributed by atoms with van der Waals surface area (Å²) in [5.74, 6) is 0.137. The first-order chi connectivity index (χ1) is 12.0. The molecule has 2 saturated heterocycles. The third kappa shape index (κ3) is 4.81. The molecular weight excluding hydrogens is 316 g/mol. The van der Waals surface area contributed by atoms with Gasteiger partial charge in [-0.05, 0) is 44.2 Å². The van der Waals surface area contributed by atoms with Gasteiger partial charge in [0.05, 0.1) is 12.7 Å². The molecule has 5 nitrogen and oxygen atoms in total. The summed E-state index contributed by atoms with van der Waals surface area (Å²) in [6.07, 6.45) is 3.10. The number of morpholine rings is 1. The number of carbonyl (C=O) groups is 1. The number of amides is 1. The number of nitrogens with one attached hydrogen (secondary N) is 1. The minimum Gasteiger partial charge on any atom is -0.396 e. The summed E-state index contributed by atoms with van der Waals surface area (Å²) in [4.78, 5) is 14.7. The molecule has 5 heteroatoms. The van der Waals surface area contributed by atoms with Crippen molar-refractivity contribution in [3.63, 3.8) is 0 Å². The SMILES string of the molecule is Cc1ccc(CCC(=O)N[C@@H]2C[C@H]3CO[C@@H](CCO)CN3C2)c(C)c1. The normalized spacial score (nSPS) is 26.4. The Labute approximate surface area is 150 Å². The molecule has 3 rings (SSSR count).